The third-order valence-corrected chi connectivity index (χ3v) is 4.08. The molecule has 2 heteroatoms. The molecule has 0 heterocycles. The fraction of sp³-hybridized carbons (Fsp3) is 0.333. The van der Waals surface area contributed by atoms with Gasteiger partial charge in [0.25, 0.3) is 0 Å². The molecule has 0 aromatic heterocycles. The minimum atomic E-state index is 0.655. The number of fused-ring (bicyclic) bond motifs is 1. The molecule has 0 bridgehead atoms. The first-order chi connectivity index (χ1) is 9.88. The summed E-state index contributed by atoms with van der Waals surface area (Å²) < 4.78 is 6.08. The molecule has 0 unspecified atom stereocenters. The first kappa shape index (κ1) is 13.3. The predicted octanol–water partition coefficient (Wildman–Crippen LogP) is 3.52. The SMILES string of the molecule is C[B]c1ccc(OCc2ccccc2)c2c1CCCC2. The van der Waals surface area contributed by atoms with E-state index in [1.165, 1.54) is 41.4 Å². The molecule has 20 heavy (non-hydrogen) atoms. The van der Waals surface area contributed by atoms with E-state index in [1.54, 1.807) is 0 Å². The molecule has 0 spiro atoms. The Labute approximate surface area is 122 Å². The summed E-state index contributed by atoms with van der Waals surface area (Å²) in [6, 6.07) is 14.7. The van der Waals surface area contributed by atoms with Gasteiger partial charge in [-0.25, -0.2) is 0 Å². The molecule has 0 N–H and O–H groups in total. The lowest BCUT2D eigenvalue weighted by Gasteiger charge is -2.22. The highest BCUT2D eigenvalue weighted by Crippen LogP contribution is 2.29. The van der Waals surface area contributed by atoms with Crippen molar-refractivity contribution >= 4 is 12.7 Å². The maximum absolute atomic E-state index is 6.08. The van der Waals surface area contributed by atoms with Crippen LogP contribution in [0.4, 0.5) is 0 Å². The van der Waals surface area contributed by atoms with Crippen LogP contribution in [0.2, 0.25) is 6.82 Å². The van der Waals surface area contributed by atoms with Gasteiger partial charge in [0, 0.05) is 0 Å². The first-order valence-corrected chi connectivity index (χ1v) is 7.49. The highest BCUT2D eigenvalue weighted by molar-refractivity contribution is 6.52. The van der Waals surface area contributed by atoms with Gasteiger partial charge in [-0.15, -0.1) is 0 Å². The van der Waals surface area contributed by atoms with Crippen LogP contribution in [0.15, 0.2) is 42.5 Å². The maximum Gasteiger partial charge on any atom is 0.148 e. The second-order valence-electron chi connectivity index (χ2n) is 5.38. The second kappa shape index (κ2) is 6.17. The van der Waals surface area contributed by atoms with Crippen molar-refractivity contribution in [1.29, 1.82) is 0 Å². The van der Waals surface area contributed by atoms with Crippen LogP contribution < -0.4 is 10.2 Å². The molecule has 2 aromatic carbocycles. The zero-order valence-corrected chi connectivity index (χ0v) is 12.1. The summed E-state index contributed by atoms with van der Waals surface area (Å²) in [5.74, 6) is 1.08. The number of rotatable bonds is 4. The Hall–Kier alpha value is -1.70. The third-order valence-electron chi connectivity index (χ3n) is 4.08. The summed E-state index contributed by atoms with van der Waals surface area (Å²) in [6.07, 6.45) is 4.93. The molecular weight excluding hydrogens is 243 g/mol. The Morgan fingerprint density at radius 2 is 1.70 bits per heavy atom. The van der Waals surface area contributed by atoms with E-state index < -0.39 is 0 Å². The quantitative estimate of drug-likeness (QED) is 0.767. The monoisotopic (exact) mass is 263 g/mol. The van der Waals surface area contributed by atoms with Crippen molar-refractivity contribution in [1.82, 2.24) is 0 Å². The standard InChI is InChI=1S/C18H20BO/c1-19-17-11-12-18(16-10-6-5-9-15(16)17)20-13-14-7-3-2-4-8-14/h2-4,7-8,11-12H,5-6,9-10,13H2,1H3. The third kappa shape index (κ3) is 2.74. The number of hydrogen-bond donors (Lipinski definition) is 0. The minimum absolute atomic E-state index is 0.655. The fourth-order valence-electron chi connectivity index (χ4n) is 3.00. The van der Waals surface area contributed by atoms with Gasteiger partial charge in [-0.3, -0.25) is 0 Å². The molecule has 2 aromatic rings. The maximum atomic E-state index is 6.08. The summed E-state index contributed by atoms with van der Waals surface area (Å²) in [6.45, 7) is 2.77. The number of benzene rings is 2. The van der Waals surface area contributed by atoms with Gasteiger partial charge in [-0.05, 0) is 48.4 Å². The smallest absolute Gasteiger partial charge is 0.148 e. The van der Waals surface area contributed by atoms with E-state index in [1.807, 2.05) is 6.07 Å². The molecule has 0 aliphatic heterocycles. The fourth-order valence-corrected chi connectivity index (χ4v) is 3.00. The Morgan fingerprint density at radius 3 is 2.45 bits per heavy atom. The van der Waals surface area contributed by atoms with Crippen LogP contribution in [0.3, 0.4) is 0 Å². The highest BCUT2D eigenvalue weighted by Gasteiger charge is 2.17. The summed E-state index contributed by atoms with van der Waals surface area (Å²) in [4.78, 5) is 0. The predicted molar refractivity (Wildman–Crippen MR) is 85.1 cm³/mol. The van der Waals surface area contributed by atoms with Crippen LogP contribution in [0.25, 0.3) is 0 Å². The second-order valence-corrected chi connectivity index (χ2v) is 5.38. The minimum Gasteiger partial charge on any atom is -0.489 e. The van der Waals surface area contributed by atoms with E-state index in [2.05, 4.69) is 50.5 Å². The average molecular weight is 263 g/mol. The van der Waals surface area contributed by atoms with E-state index in [4.69, 9.17) is 4.74 Å². The summed E-state index contributed by atoms with van der Waals surface area (Å²) in [5.41, 5.74) is 5.54. The van der Waals surface area contributed by atoms with Gasteiger partial charge < -0.3 is 4.74 Å². The lowest BCUT2D eigenvalue weighted by Crippen LogP contribution is -2.22. The Balaban J connectivity index is 1.83. The van der Waals surface area contributed by atoms with Crippen LogP contribution in [-0.4, -0.2) is 7.28 Å². The van der Waals surface area contributed by atoms with Crippen molar-refractivity contribution < 1.29 is 4.74 Å². The van der Waals surface area contributed by atoms with Gasteiger partial charge >= 0.3 is 0 Å². The van der Waals surface area contributed by atoms with Crippen molar-refractivity contribution in [3.63, 3.8) is 0 Å². The molecule has 1 aliphatic carbocycles. The molecule has 0 fully saturated rings. The molecule has 0 saturated heterocycles. The van der Waals surface area contributed by atoms with Crippen molar-refractivity contribution in [3.8, 4) is 5.75 Å². The average Bonchev–Trinajstić information content (AvgIpc) is 2.53. The first-order valence-electron chi connectivity index (χ1n) is 7.49. The van der Waals surface area contributed by atoms with Gasteiger partial charge in [-0.1, -0.05) is 48.7 Å². The topological polar surface area (TPSA) is 9.23 Å². The van der Waals surface area contributed by atoms with E-state index in [0.717, 1.165) is 12.2 Å². The summed E-state index contributed by atoms with van der Waals surface area (Å²) in [7, 11) is 2.21. The van der Waals surface area contributed by atoms with Crippen molar-refractivity contribution in [2.45, 2.75) is 39.1 Å². The van der Waals surface area contributed by atoms with E-state index >= 15 is 0 Å². The van der Waals surface area contributed by atoms with Gasteiger partial charge in [0.15, 0.2) is 0 Å². The van der Waals surface area contributed by atoms with Crippen LogP contribution >= 0.6 is 0 Å². The Bertz CT molecular complexity index is 577. The lowest BCUT2D eigenvalue weighted by atomic mass is 9.68. The summed E-state index contributed by atoms with van der Waals surface area (Å²) in [5, 5.41) is 0. The molecular formula is C18H20BO. The normalized spacial score (nSPS) is 13.7. The molecule has 101 valence electrons. The number of ether oxygens (including phenoxy) is 1. The zero-order valence-electron chi connectivity index (χ0n) is 12.1. The molecule has 3 rings (SSSR count). The van der Waals surface area contributed by atoms with E-state index in [-0.39, 0.29) is 0 Å². The Morgan fingerprint density at radius 1 is 0.950 bits per heavy atom. The van der Waals surface area contributed by atoms with E-state index in [0.29, 0.717) is 6.61 Å². The lowest BCUT2D eigenvalue weighted by molar-refractivity contribution is 0.301. The molecule has 1 radical (unpaired) electrons. The molecule has 1 aliphatic rings. The largest absolute Gasteiger partial charge is 0.489 e. The van der Waals surface area contributed by atoms with Gasteiger partial charge in [0.2, 0.25) is 0 Å². The van der Waals surface area contributed by atoms with Crippen LogP contribution in [0, 0.1) is 0 Å². The van der Waals surface area contributed by atoms with Crippen molar-refractivity contribution in [3.05, 3.63) is 59.2 Å². The van der Waals surface area contributed by atoms with E-state index in [9.17, 15) is 0 Å². The zero-order chi connectivity index (χ0) is 13.8. The van der Waals surface area contributed by atoms with Gasteiger partial charge in [-0.2, -0.15) is 0 Å². The number of hydrogen-bond acceptors (Lipinski definition) is 1. The van der Waals surface area contributed by atoms with Crippen LogP contribution in [0.1, 0.15) is 29.5 Å². The molecule has 1 nitrogen and oxygen atoms in total. The highest BCUT2D eigenvalue weighted by atomic mass is 16.5. The van der Waals surface area contributed by atoms with Crippen LogP contribution in [-0.2, 0) is 19.4 Å². The molecule has 0 saturated carbocycles. The van der Waals surface area contributed by atoms with Crippen LogP contribution in [0.5, 0.6) is 5.75 Å². The molecule has 0 atom stereocenters. The molecule has 0 amide bonds. The van der Waals surface area contributed by atoms with Gasteiger partial charge in [0.1, 0.15) is 19.6 Å². The van der Waals surface area contributed by atoms with Gasteiger partial charge in [0.05, 0.1) is 0 Å². The Kier molecular flexibility index (Phi) is 4.10. The summed E-state index contributed by atoms with van der Waals surface area (Å²) >= 11 is 0. The van der Waals surface area contributed by atoms with Crippen molar-refractivity contribution in [2.24, 2.45) is 0 Å². The van der Waals surface area contributed by atoms with Crippen molar-refractivity contribution in [2.75, 3.05) is 0 Å².